The molecule has 2 aromatic carbocycles. The molecule has 3 rings (SSSR count). The van der Waals surface area contributed by atoms with Gasteiger partial charge in [0.05, 0.1) is 0 Å². The van der Waals surface area contributed by atoms with Crippen LogP contribution in [0.25, 0.3) is 22.9 Å². The monoisotopic (exact) mass is 352 g/mol. The zero-order valence-electron chi connectivity index (χ0n) is 14.3. The minimum absolute atomic E-state index is 0.122. The molecule has 0 bridgehead atoms. The molecule has 0 fully saturated rings. The van der Waals surface area contributed by atoms with Crippen LogP contribution in [0.5, 0.6) is 0 Å². The highest BCUT2D eigenvalue weighted by Gasteiger charge is 2.12. The molecular weight excluding hydrogens is 340 g/mol. The van der Waals surface area contributed by atoms with Crippen molar-refractivity contribution in [3.63, 3.8) is 0 Å². The van der Waals surface area contributed by atoms with E-state index in [-0.39, 0.29) is 11.3 Å². The quantitative estimate of drug-likeness (QED) is 0.705. The Bertz CT molecular complexity index is 1120. The standard InChI is InChI=1S/C20H12N6O/c1-13-5-7-14(8-6-13)19-25-26-20(27-19)15-3-2-4-17(9-15)24-18(12-23)16(10-21)11-22/h2-9,24H,1H3. The van der Waals surface area contributed by atoms with Crippen molar-refractivity contribution in [1.29, 1.82) is 15.8 Å². The van der Waals surface area contributed by atoms with Gasteiger partial charge in [0.15, 0.2) is 5.57 Å². The second-order valence-electron chi connectivity index (χ2n) is 5.57. The van der Waals surface area contributed by atoms with Crippen LogP contribution in [0.1, 0.15) is 5.56 Å². The van der Waals surface area contributed by atoms with E-state index in [0.717, 1.165) is 11.1 Å². The van der Waals surface area contributed by atoms with Gasteiger partial charge in [-0.15, -0.1) is 10.2 Å². The average Bonchev–Trinajstić information content (AvgIpc) is 3.19. The predicted molar refractivity (Wildman–Crippen MR) is 97.4 cm³/mol. The van der Waals surface area contributed by atoms with Gasteiger partial charge in [0.2, 0.25) is 11.8 Å². The molecule has 0 spiro atoms. The van der Waals surface area contributed by atoms with Crippen LogP contribution in [0.4, 0.5) is 5.69 Å². The molecule has 0 aliphatic carbocycles. The maximum Gasteiger partial charge on any atom is 0.248 e. The lowest BCUT2D eigenvalue weighted by Crippen LogP contribution is -2.00. The summed E-state index contributed by atoms with van der Waals surface area (Å²) in [5.41, 5.74) is 2.69. The van der Waals surface area contributed by atoms with Crippen molar-refractivity contribution in [2.24, 2.45) is 0 Å². The van der Waals surface area contributed by atoms with Gasteiger partial charge in [0.25, 0.3) is 0 Å². The Hall–Kier alpha value is -4.41. The molecule has 27 heavy (non-hydrogen) atoms. The summed E-state index contributed by atoms with van der Waals surface area (Å²) in [4.78, 5) is 0. The van der Waals surface area contributed by atoms with Crippen LogP contribution in [0.3, 0.4) is 0 Å². The SMILES string of the molecule is Cc1ccc(-c2nnc(-c3cccc(NC(C#N)=C(C#N)C#N)c3)o2)cc1. The van der Waals surface area contributed by atoms with E-state index in [2.05, 4.69) is 15.5 Å². The summed E-state index contributed by atoms with van der Waals surface area (Å²) >= 11 is 0. The third-order valence-electron chi connectivity index (χ3n) is 3.69. The van der Waals surface area contributed by atoms with Gasteiger partial charge < -0.3 is 9.73 Å². The van der Waals surface area contributed by atoms with Crippen molar-refractivity contribution in [2.45, 2.75) is 6.92 Å². The third-order valence-corrected chi connectivity index (χ3v) is 3.69. The third kappa shape index (κ3) is 3.82. The lowest BCUT2D eigenvalue weighted by Gasteiger charge is -2.05. The highest BCUT2D eigenvalue weighted by atomic mass is 16.4. The number of hydrogen-bond acceptors (Lipinski definition) is 7. The summed E-state index contributed by atoms with van der Waals surface area (Å²) in [6, 6.07) is 19.8. The van der Waals surface area contributed by atoms with Gasteiger partial charge in [0.1, 0.15) is 23.9 Å². The molecule has 0 atom stereocenters. The van der Waals surface area contributed by atoms with Crippen LogP contribution < -0.4 is 5.32 Å². The molecule has 0 aliphatic rings. The fourth-order valence-electron chi connectivity index (χ4n) is 2.31. The molecule has 0 aliphatic heterocycles. The van der Waals surface area contributed by atoms with E-state index >= 15 is 0 Å². The molecule has 1 heterocycles. The molecule has 0 radical (unpaired) electrons. The largest absolute Gasteiger partial charge is 0.416 e. The van der Waals surface area contributed by atoms with Gasteiger partial charge in [-0.05, 0) is 37.3 Å². The molecule has 0 amide bonds. The normalized spacial score (nSPS) is 9.56. The molecule has 1 aromatic heterocycles. The van der Waals surface area contributed by atoms with Crippen molar-refractivity contribution in [2.75, 3.05) is 5.32 Å². The van der Waals surface area contributed by atoms with Gasteiger partial charge in [-0.1, -0.05) is 23.8 Å². The van der Waals surface area contributed by atoms with E-state index in [1.54, 1.807) is 36.4 Å². The van der Waals surface area contributed by atoms with Gasteiger partial charge >= 0.3 is 0 Å². The maximum atomic E-state index is 9.14. The van der Waals surface area contributed by atoms with Crippen LogP contribution in [0.2, 0.25) is 0 Å². The molecule has 1 N–H and O–H groups in total. The highest BCUT2D eigenvalue weighted by Crippen LogP contribution is 2.26. The number of rotatable bonds is 4. The molecule has 0 saturated carbocycles. The Kier molecular flexibility index (Phi) is 4.93. The molecule has 3 aromatic rings. The summed E-state index contributed by atoms with van der Waals surface area (Å²) in [5, 5.41) is 37.9. The smallest absolute Gasteiger partial charge is 0.248 e. The molecule has 128 valence electrons. The first-order chi connectivity index (χ1) is 13.1. The minimum atomic E-state index is -0.289. The number of hydrogen-bond donors (Lipinski definition) is 1. The van der Waals surface area contributed by atoms with Crippen molar-refractivity contribution < 1.29 is 4.42 Å². The average molecular weight is 352 g/mol. The number of benzene rings is 2. The summed E-state index contributed by atoms with van der Waals surface area (Å²) < 4.78 is 5.74. The van der Waals surface area contributed by atoms with Gasteiger partial charge in [0, 0.05) is 16.8 Å². The van der Waals surface area contributed by atoms with Gasteiger partial charge in [-0.25, -0.2) is 0 Å². The molecular formula is C20H12N6O. The predicted octanol–water partition coefficient (Wildman–Crippen LogP) is 3.95. The lowest BCUT2D eigenvalue weighted by molar-refractivity contribution is 0.584. The number of anilines is 1. The Morgan fingerprint density at radius 2 is 1.56 bits per heavy atom. The summed E-state index contributed by atoms with van der Waals surface area (Å²) in [7, 11) is 0. The zero-order chi connectivity index (χ0) is 19.2. The fraction of sp³-hybridized carbons (Fsp3) is 0.0500. The molecule has 7 nitrogen and oxygen atoms in total. The van der Waals surface area contributed by atoms with Gasteiger partial charge in [-0.3, -0.25) is 0 Å². The highest BCUT2D eigenvalue weighted by molar-refractivity contribution is 5.66. The molecule has 0 unspecified atom stereocenters. The number of aryl methyl sites for hydroxylation is 1. The van der Waals surface area contributed by atoms with Crippen molar-refractivity contribution in [3.05, 3.63) is 65.4 Å². The Balaban J connectivity index is 1.90. The number of nitrogens with zero attached hydrogens (tertiary/aromatic N) is 5. The van der Waals surface area contributed by atoms with E-state index < -0.39 is 0 Å². The van der Waals surface area contributed by atoms with Crippen LogP contribution in [-0.4, -0.2) is 10.2 Å². The first-order valence-corrected chi connectivity index (χ1v) is 7.87. The second-order valence-corrected chi connectivity index (χ2v) is 5.57. The van der Waals surface area contributed by atoms with Crippen LogP contribution in [-0.2, 0) is 0 Å². The van der Waals surface area contributed by atoms with Crippen LogP contribution >= 0.6 is 0 Å². The summed E-state index contributed by atoms with van der Waals surface area (Å²) in [6.07, 6.45) is 0. The topological polar surface area (TPSA) is 122 Å². The number of allylic oxidation sites excluding steroid dienone is 2. The second kappa shape index (κ2) is 7.65. The maximum absolute atomic E-state index is 9.14. The van der Waals surface area contributed by atoms with E-state index in [0.29, 0.717) is 23.0 Å². The Labute approximate surface area is 155 Å². The zero-order valence-corrected chi connectivity index (χ0v) is 14.3. The van der Waals surface area contributed by atoms with Crippen molar-refractivity contribution in [1.82, 2.24) is 10.2 Å². The first kappa shape index (κ1) is 17.4. The van der Waals surface area contributed by atoms with E-state index in [9.17, 15) is 0 Å². The Morgan fingerprint density at radius 3 is 2.19 bits per heavy atom. The number of nitriles is 3. The summed E-state index contributed by atoms with van der Waals surface area (Å²) in [5.74, 6) is 0.717. The van der Waals surface area contributed by atoms with E-state index in [4.69, 9.17) is 20.2 Å². The first-order valence-electron chi connectivity index (χ1n) is 7.87. The number of nitrogens with one attached hydrogen (secondary N) is 1. The van der Waals surface area contributed by atoms with Crippen LogP contribution in [0.15, 0.2) is 64.2 Å². The lowest BCUT2D eigenvalue weighted by atomic mass is 10.1. The Morgan fingerprint density at radius 1 is 0.889 bits per heavy atom. The van der Waals surface area contributed by atoms with Gasteiger partial charge in [-0.2, -0.15) is 15.8 Å². The minimum Gasteiger partial charge on any atom is -0.416 e. The van der Waals surface area contributed by atoms with Crippen molar-refractivity contribution in [3.8, 4) is 41.1 Å². The molecule has 7 heteroatoms. The summed E-state index contributed by atoms with van der Waals surface area (Å²) in [6.45, 7) is 2.00. The van der Waals surface area contributed by atoms with Crippen LogP contribution in [0, 0.1) is 40.9 Å². The fourth-order valence-corrected chi connectivity index (χ4v) is 2.31. The van der Waals surface area contributed by atoms with E-state index in [1.807, 2.05) is 37.3 Å². The van der Waals surface area contributed by atoms with E-state index in [1.165, 1.54) is 0 Å². The van der Waals surface area contributed by atoms with Crippen molar-refractivity contribution >= 4 is 5.69 Å². The number of aromatic nitrogens is 2. The molecule has 0 saturated heterocycles.